The van der Waals surface area contributed by atoms with Gasteiger partial charge in [0.05, 0.1) is 22.2 Å². The number of sulfonamides is 1. The second-order valence-electron chi connectivity index (χ2n) is 11.3. The number of amides is 1. The smallest absolute Gasteiger partial charge is 0.408 e. The zero-order valence-electron chi connectivity index (χ0n) is 24.8. The lowest BCUT2D eigenvalue weighted by atomic mass is 9.99. The third-order valence-electron chi connectivity index (χ3n) is 5.85. The van der Waals surface area contributed by atoms with Gasteiger partial charge in [-0.3, -0.25) is 0 Å². The molecule has 1 heterocycles. The standard InChI is InChI=1S/C31H36N4O6S/c1-19(2)16-23(33-30(38)41-31(5,6)7)14-15-24-18-26(27-20(3)10-8-11-21(27)4)34-29(32-24)35-42(39,40)25-13-9-12-22(17-25)28(36)37/h8-13,17-19,23H,16H2,1-7H3,(H,33,38)(H,36,37)(H,32,34,35). The van der Waals surface area contributed by atoms with Crippen LogP contribution in [0.4, 0.5) is 10.7 Å². The molecule has 1 amide bonds. The molecule has 0 aliphatic rings. The molecule has 1 unspecified atom stereocenters. The largest absolute Gasteiger partial charge is 0.478 e. The Hall–Kier alpha value is -4.43. The van der Waals surface area contributed by atoms with E-state index in [0.717, 1.165) is 22.8 Å². The summed E-state index contributed by atoms with van der Waals surface area (Å²) in [4.78, 5) is 32.4. The number of carboxylic acids is 1. The minimum Gasteiger partial charge on any atom is -0.478 e. The lowest BCUT2D eigenvalue weighted by Gasteiger charge is -2.22. The van der Waals surface area contributed by atoms with Crippen LogP contribution in [0, 0.1) is 31.6 Å². The number of aromatic carboxylic acids is 1. The van der Waals surface area contributed by atoms with Crippen LogP contribution in [0.5, 0.6) is 0 Å². The van der Waals surface area contributed by atoms with E-state index in [1.807, 2.05) is 45.9 Å². The van der Waals surface area contributed by atoms with Crippen LogP contribution >= 0.6 is 0 Å². The SMILES string of the molecule is Cc1cccc(C)c1-c1cc(C#CC(CC(C)C)NC(=O)OC(C)(C)C)nc(NS(=O)(=O)c2cccc(C(=O)O)c2)n1. The van der Waals surface area contributed by atoms with E-state index in [0.29, 0.717) is 12.1 Å². The summed E-state index contributed by atoms with van der Waals surface area (Å²) in [6.45, 7) is 13.1. The number of nitrogens with one attached hydrogen (secondary N) is 2. The van der Waals surface area contributed by atoms with E-state index in [-0.39, 0.29) is 28.0 Å². The van der Waals surface area contributed by atoms with Crippen molar-refractivity contribution in [1.29, 1.82) is 0 Å². The Bertz CT molecular complexity index is 1630. The highest BCUT2D eigenvalue weighted by Crippen LogP contribution is 2.27. The number of hydrogen-bond donors (Lipinski definition) is 3. The Morgan fingerprint density at radius 3 is 2.26 bits per heavy atom. The summed E-state index contributed by atoms with van der Waals surface area (Å²) in [6.07, 6.45) is -0.0565. The van der Waals surface area contributed by atoms with Gasteiger partial charge in [0.15, 0.2) is 0 Å². The molecule has 0 spiro atoms. The zero-order chi connectivity index (χ0) is 31.2. The van der Waals surface area contributed by atoms with Gasteiger partial charge >= 0.3 is 12.1 Å². The summed E-state index contributed by atoms with van der Waals surface area (Å²) in [7, 11) is -4.25. The van der Waals surface area contributed by atoms with Gasteiger partial charge in [0.2, 0.25) is 5.95 Å². The van der Waals surface area contributed by atoms with E-state index in [1.165, 1.54) is 18.2 Å². The molecule has 0 aliphatic carbocycles. The van der Waals surface area contributed by atoms with Crippen molar-refractivity contribution in [3.8, 4) is 23.1 Å². The molecule has 0 radical (unpaired) electrons. The predicted molar refractivity (Wildman–Crippen MR) is 161 cm³/mol. The maximum Gasteiger partial charge on any atom is 0.408 e. The van der Waals surface area contributed by atoms with Gasteiger partial charge in [-0.25, -0.2) is 32.7 Å². The van der Waals surface area contributed by atoms with Gasteiger partial charge in [0.25, 0.3) is 10.0 Å². The molecule has 222 valence electrons. The fourth-order valence-electron chi connectivity index (χ4n) is 4.12. The quantitative estimate of drug-likeness (QED) is 0.289. The molecule has 3 N–H and O–H groups in total. The number of aryl methyl sites for hydroxylation is 2. The minimum absolute atomic E-state index is 0.177. The normalized spacial score (nSPS) is 12.2. The van der Waals surface area contributed by atoms with Crippen LogP contribution in [0.3, 0.4) is 0 Å². The molecule has 3 rings (SSSR count). The average Bonchev–Trinajstić information content (AvgIpc) is 2.85. The Labute approximate surface area is 247 Å². The van der Waals surface area contributed by atoms with Crippen molar-refractivity contribution in [2.75, 3.05) is 4.72 Å². The Kier molecular flexibility index (Phi) is 9.96. The number of nitrogens with zero attached hydrogens (tertiary/aromatic N) is 2. The number of carbonyl (C=O) groups is 2. The highest BCUT2D eigenvalue weighted by Gasteiger charge is 2.21. The fourth-order valence-corrected chi connectivity index (χ4v) is 5.10. The fraction of sp³-hybridized carbons (Fsp3) is 0.355. The predicted octanol–water partition coefficient (Wildman–Crippen LogP) is 5.55. The molecule has 2 aromatic carbocycles. The number of anilines is 1. The number of alkyl carbamates (subject to hydrolysis) is 1. The maximum absolute atomic E-state index is 13.2. The molecular weight excluding hydrogens is 556 g/mol. The van der Waals surface area contributed by atoms with E-state index in [2.05, 4.69) is 31.8 Å². The first kappa shape index (κ1) is 32.1. The molecular formula is C31H36N4O6S. The van der Waals surface area contributed by atoms with E-state index in [4.69, 9.17) is 4.74 Å². The Morgan fingerprint density at radius 2 is 1.67 bits per heavy atom. The second kappa shape index (κ2) is 13.0. The van der Waals surface area contributed by atoms with Crippen molar-refractivity contribution in [2.24, 2.45) is 5.92 Å². The van der Waals surface area contributed by atoms with Crippen LogP contribution in [0.1, 0.15) is 68.2 Å². The van der Waals surface area contributed by atoms with Crippen molar-refractivity contribution in [2.45, 2.75) is 71.4 Å². The average molecular weight is 593 g/mol. The molecule has 0 saturated carbocycles. The van der Waals surface area contributed by atoms with Crippen molar-refractivity contribution in [1.82, 2.24) is 15.3 Å². The number of carboxylic acid groups (broad SMARTS) is 1. The van der Waals surface area contributed by atoms with Gasteiger partial charge in [-0.2, -0.15) is 0 Å². The van der Waals surface area contributed by atoms with Gasteiger partial charge in [-0.1, -0.05) is 44.0 Å². The number of aromatic nitrogens is 2. The third-order valence-corrected chi connectivity index (χ3v) is 7.18. The van der Waals surface area contributed by atoms with Crippen LogP contribution in [0.15, 0.2) is 53.4 Å². The van der Waals surface area contributed by atoms with Crippen LogP contribution < -0.4 is 10.0 Å². The molecule has 0 fully saturated rings. The molecule has 0 bridgehead atoms. The van der Waals surface area contributed by atoms with Crippen LogP contribution in [0.25, 0.3) is 11.3 Å². The second-order valence-corrected chi connectivity index (χ2v) is 12.9. The first-order valence-corrected chi connectivity index (χ1v) is 14.9. The molecule has 0 aliphatic heterocycles. The number of hydrogen-bond acceptors (Lipinski definition) is 7. The van der Waals surface area contributed by atoms with E-state index in [9.17, 15) is 23.1 Å². The summed E-state index contributed by atoms with van der Waals surface area (Å²) < 4.78 is 34.2. The van der Waals surface area contributed by atoms with Crippen molar-refractivity contribution in [3.05, 3.63) is 70.9 Å². The molecule has 0 saturated heterocycles. The van der Waals surface area contributed by atoms with Gasteiger partial charge < -0.3 is 15.2 Å². The zero-order valence-corrected chi connectivity index (χ0v) is 25.6. The van der Waals surface area contributed by atoms with E-state index < -0.39 is 33.7 Å². The number of benzene rings is 2. The Morgan fingerprint density at radius 1 is 1.02 bits per heavy atom. The molecule has 1 atom stereocenters. The van der Waals surface area contributed by atoms with Crippen LogP contribution in [-0.2, 0) is 14.8 Å². The van der Waals surface area contributed by atoms with Crippen molar-refractivity contribution < 1.29 is 27.9 Å². The van der Waals surface area contributed by atoms with Gasteiger partial charge in [0, 0.05) is 5.56 Å². The maximum atomic E-state index is 13.2. The monoisotopic (exact) mass is 592 g/mol. The van der Waals surface area contributed by atoms with E-state index >= 15 is 0 Å². The molecule has 10 nitrogen and oxygen atoms in total. The van der Waals surface area contributed by atoms with Gasteiger partial charge in [-0.05, 0) is 88.3 Å². The highest BCUT2D eigenvalue weighted by molar-refractivity contribution is 7.92. The number of ether oxygens (including phenoxy) is 1. The summed E-state index contributed by atoms with van der Waals surface area (Å²) in [5, 5.41) is 12.1. The van der Waals surface area contributed by atoms with Crippen molar-refractivity contribution >= 4 is 28.0 Å². The lowest BCUT2D eigenvalue weighted by Crippen LogP contribution is -2.39. The van der Waals surface area contributed by atoms with Crippen LogP contribution in [-0.4, -0.2) is 47.2 Å². The van der Waals surface area contributed by atoms with Crippen LogP contribution in [0.2, 0.25) is 0 Å². The van der Waals surface area contributed by atoms with E-state index in [1.54, 1.807) is 26.8 Å². The molecule has 11 heteroatoms. The highest BCUT2D eigenvalue weighted by atomic mass is 32.2. The summed E-state index contributed by atoms with van der Waals surface area (Å²) in [5.74, 6) is 4.73. The minimum atomic E-state index is -4.25. The molecule has 42 heavy (non-hydrogen) atoms. The summed E-state index contributed by atoms with van der Waals surface area (Å²) in [5.41, 5.74) is 2.44. The van der Waals surface area contributed by atoms with Gasteiger partial charge in [-0.15, -0.1) is 0 Å². The lowest BCUT2D eigenvalue weighted by molar-refractivity contribution is 0.0511. The number of rotatable bonds is 8. The molecule has 3 aromatic rings. The first-order chi connectivity index (χ1) is 19.5. The van der Waals surface area contributed by atoms with Gasteiger partial charge in [0.1, 0.15) is 11.3 Å². The third kappa shape index (κ3) is 9.04. The summed E-state index contributed by atoms with van der Waals surface area (Å²) >= 11 is 0. The Balaban J connectivity index is 2.08. The van der Waals surface area contributed by atoms with Crippen molar-refractivity contribution in [3.63, 3.8) is 0 Å². The molecule has 1 aromatic heterocycles. The first-order valence-electron chi connectivity index (χ1n) is 13.4. The number of carbonyl (C=O) groups excluding carboxylic acids is 1. The summed E-state index contributed by atoms with van der Waals surface area (Å²) in [6, 6.07) is 11.8. The topological polar surface area (TPSA) is 148 Å².